The molecule has 1 aliphatic rings. The number of nitrogens with one attached hydrogen (secondary N) is 1. The van der Waals surface area contributed by atoms with E-state index in [1.165, 1.54) is 33.2 Å². The number of aryl methyl sites for hydroxylation is 2. The van der Waals surface area contributed by atoms with Gasteiger partial charge in [-0.25, -0.2) is 0 Å². The third kappa shape index (κ3) is 3.91. The molecule has 0 saturated carbocycles. The molecule has 0 aliphatic heterocycles. The van der Waals surface area contributed by atoms with Gasteiger partial charge in [0.1, 0.15) is 0 Å². The number of hydrogen-bond acceptors (Lipinski definition) is 0. The fourth-order valence-corrected chi connectivity index (χ4v) is 2.54. The van der Waals surface area contributed by atoms with E-state index in [2.05, 4.69) is 73.4 Å². The van der Waals surface area contributed by atoms with E-state index in [0.29, 0.717) is 0 Å². The Bertz CT molecular complexity index is 768. The first-order chi connectivity index (χ1) is 9.72. The number of H-pyrrole nitrogens is 1. The van der Waals surface area contributed by atoms with Crippen LogP contribution >= 0.6 is 0 Å². The molecule has 0 amide bonds. The zero-order valence-corrected chi connectivity index (χ0v) is 12.6. The third-order valence-corrected chi connectivity index (χ3v) is 3.65. The Morgan fingerprint density at radius 3 is 2.45 bits per heavy atom. The van der Waals surface area contributed by atoms with Crippen LogP contribution in [0.2, 0.25) is 0 Å². The highest BCUT2D eigenvalue weighted by Crippen LogP contribution is 2.19. The molecule has 1 N–H and O–H groups in total. The van der Waals surface area contributed by atoms with Crippen molar-refractivity contribution in [1.29, 1.82) is 0 Å². The van der Waals surface area contributed by atoms with Crippen molar-refractivity contribution >= 4 is 25.4 Å². The average Bonchev–Trinajstić information content (AvgIpc) is 3.06. The molecule has 0 unspecified atom stereocenters. The Balaban J connectivity index is 0.000000202. The first kappa shape index (κ1) is 17.8. The van der Waals surface area contributed by atoms with Gasteiger partial charge in [0.25, 0.3) is 0 Å². The number of aromatic amines is 1. The molecule has 0 spiro atoms. The van der Waals surface area contributed by atoms with Crippen molar-refractivity contribution in [2.45, 2.75) is 27.7 Å². The Hall–Kier alpha value is -2.22. The minimum absolute atomic E-state index is 0. The van der Waals surface area contributed by atoms with Gasteiger partial charge in [0.2, 0.25) is 0 Å². The van der Waals surface area contributed by atoms with E-state index < -0.39 is 0 Å². The van der Waals surface area contributed by atoms with Gasteiger partial charge in [0.05, 0.1) is 0 Å². The lowest BCUT2D eigenvalue weighted by Gasteiger charge is -1.97. The Morgan fingerprint density at radius 2 is 1.64 bits per heavy atom. The second-order valence-electron chi connectivity index (χ2n) is 5.38. The number of fused-ring (bicyclic) bond motifs is 2. The van der Waals surface area contributed by atoms with Gasteiger partial charge in [-0.15, -0.1) is 0 Å². The van der Waals surface area contributed by atoms with Crippen LogP contribution in [-0.4, -0.2) is 13.4 Å². The molecular weight excluding hydrogens is 265 g/mol. The Kier molecular flexibility index (Phi) is 6.24. The first-order valence-electron chi connectivity index (χ1n) is 7.02. The van der Waals surface area contributed by atoms with Crippen LogP contribution in [0.25, 0.3) is 17.0 Å². The maximum absolute atomic E-state index is 3.15. The van der Waals surface area contributed by atoms with Crippen molar-refractivity contribution in [3.8, 4) is 0 Å². The molecule has 2 heteroatoms. The van der Waals surface area contributed by atoms with Crippen molar-refractivity contribution in [1.82, 2.24) is 4.98 Å². The van der Waals surface area contributed by atoms with Crippen molar-refractivity contribution < 1.29 is 0 Å². The summed E-state index contributed by atoms with van der Waals surface area (Å²) in [7, 11) is 0. The van der Waals surface area contributed by atoms with Crippen molar-refractivity contribution in [3.05, 3.63) is 77.0 Å². The van der Waals surface area contributed by atoms with E-state index >= 15 is 0 Å². The second-order valence-corrected chi connectivity index (χ2v) is 5.38. The van der Waals surface area contributed by atoms with Gasteiger partial charge in [-0.3, -0.25) is 0 Å². The third-order valence-electron chi connectivity index (χ3n) is 3.65. The van der Waals surface area contributed by atoms with Gasteiger partial charge in [-0.1, -0.05) is 55.0 Å². The molecule has 3 aromatic rings. The molecule has 0 bridgehead atoms. The molecule has 1 aromatic heterocycles. The van der Waals surface area contributed by atoms with E-state index in [9.17, 15) is 0 Å². The van der Waals surface area contributed by atoms with Crippen LogP contribution < -0.4 is 0 Å². The summed E-state index contributed by atoms with van der Waals surface area (Å²) in [6, 6.07) is 15.1. The van der Waals surface area contributed by atoms with Crippen LogP contribution in [0.4, 0.5) is 0 Å². The molecule has 111 valence electrons. The van der Waals surface area contributed by atoms with Gasteiger partial charge in [-0.05, 0) is 55.0 Å². The van der Waals surface area contributed by atoms with Crippen molar-refractivity contribution in [2.75, 3.05) is 0 Å². The topological polar surface area (TPSA) is 15.8 Å². The number of hydrogen-bond donors (Lipinski definition) is 1. The minimum atomic E-state index is 0. The number of aromatic nitrogens is 1. The molecule has 2 aromatic carbocycles. The molecule has 1 aliphatic carbocycles. The number of allylic oxidation sites excluding steroid dienone is 1. The van der Waals surface area contributed by atoms with Crippen LogP contribution in [0, 0.1) is 13.8 Å². The number of rotatable bonds is 0. The van der Waals surface area contributed by atoms with E-state index in [-0.39, 0.29) is 15.8 Å². The van der Waals surface area contributed by atoms with E-state index in [0.717, 1.165) is 6.42 Å². The summed E-state index contributed by atoms with van der Waals surface area (Å²) in [6.07, 6.45) is 7.49. The molecule has 22 heavy (non-hydrogen) atoms. The molecule has 0 fully saturated rings. The molecular formula is C20H23BN. The largest absolute Gasteiger partial charge is 0.361 e. The molecule has 4 rings (SSSR count). The van der Waals surface area contributed by atoms with Crippen LogP contribution in [-0.2, 0) is 6.42 Å². The Labute approximate surface area is 135 Å². The predicted octanol–water partition coefficient (Wildman–Crippen LogP) is 5.30. The zero-order chi connectivity index (χ0) is 13.9. The van der Waals surface area contributed by atoms with Crippen molar-refractivity contribution in [2.24, 2.45) is 0 Å². The molecule has 3 radical (unpaired) electrons. The normalized spacial score (nSPS) is 11.0. The summed E-state index contributed by atoms with van der Waals surface area (Å²) in [5.41, 5.74) is 6.74. The van der Waals surface area contributed by atoms with Crippen molar-refractivity contribution in [3.63, 3.8) is 0 Å². The van der Waals surface area contributed by atoms with E-state index in [1.807, 2.05) is 6.20 Å². The average molecular weight is 288 g/mol. The summed E-state index contributed by atoms with van der Waals surface area (Å²) in [5.74, 6) is 0. The first-order valence-corrected chi connectivity index (χ1v) is 7.02. The van der Waals surface area contributed by atoms with Crippen LogP contribution in [0.1, 0.15) is 29.7 Å². The highest BCUT2D eigenvalue weighted by Gasteiger charge is 2.02. The van der Waals surface area contributed by atoms with Gasteiger partial charge in [0, 0.05) is 20.1 Å². The molecule has 0 saturated heterocycles. The van der Waals surface area contributed by atoms with Gasteiger partial charge >= 0.3 is 0 Å². The van der Waals surface area contributed by atoms with Crippen LogP contribution in [0.15, 0.2) is 54.7 Å². The summed E-state index contributed by atoms with van der Waals surface area (Å²) in [5, 5.41) is 1.29. The smallest absolute Gasteiger partial charge is 0.0454 e. The summed E-state index contributed by atoms with van der Waals surface area (Å²) < 4.78 is 0. The predicted molar refractivity (Wildman–Crippen MR) is 99.4 cm³/mol. The maximum Gasteiger partial charge on any atom is 0.0454 e. The Morgan fingerprint density at radius 1 is 0.909 bits per heavy atom. The summed E-state index contributed by atoms with van der Waals surface area (Å²) in [6.45, 7) is 4.23. The van der Waals surface area contributed by atoms with E-state index in [4.69, 9.17) is 0 Å². The summed E-state index contributed by atoms with van der Waals surface area (Å²) >= 11 is 0. The fourth-order valence-electron chi connectivity index (χ4n) is 2.54. The fraction of sp³-hybridized carbons (Fsp3) is 0.200. The summed E-state index contributed by atoms with van der Waals surface area (Å²) in [4.78, 5) is 3.15. The highest BCUT2D eigenvalue weighted by molar-refractivity contribution is 5.79. The number of benzene rings is 2. The second kappa shape index (κ2) is 7.70. The molecule has 1 heterocycles. The lowest BCUT2D eigenvalue weighted by Crippen LogP contribution is -1.81. The quantitative estimate of drug-likeness (QED) is 0.540. The maximum atomic E-state index is 3.15. The SMILES string of the molecule is C.Cc1ccc2[nH]ccc2c1.Cc1ccc2c(c1)C=CC2.[B]. The lowest BCUT2D eigenvalue weighted by atomic mass is 10.1. The minimum Gasteiger partial charge on any atom is -0.361 e. The van der Waals surface area contributed by atoms with Gasteiger partial charge < -0.3 is 4.98 Å². The van der Waals surface area contributed by atoms with Gasteiger partial charge in [-0.2, -0.15) is 0 Å². The molecule has 0 atom stereocenters. The standard InChI is InChI=1S/C10H10.C9H9N.CH4.B/c1-8-5-6-9-3-2-4-10(9)7-8;1-7-2-3-9-8(6-7)4-5-10-9;;/h2,4-7H,3H2,1H3;2-6,10H,1H3;1H4;. The molecule has 1 nitrogen and oxygen atoms in total. The highest BCUT2D eigenvalue weighted by atomic mass is 14.7. The lowest BCUT2D eigenvalue weighted by molar-refractivity contribution is 1.29. The van der Waals surface area contributed by atoms with Gasteiger partial charge in [0.15, 0.2) is 0 Å². The monoisotopic (exact) mass is 288 g/mol. The van der Waals surface area contributed by atoms with Crippen LogP contribution in [0.5, 0.6) is 0 Å². The van der Waals surface area contributed by atoms with Crippen LogP contribution in [0.3, 0.4) is 0 Å². The zero-order valence-electron chi connectivity index (χ0n) is 12.6. The van der Waals surface area contributed by atoms with E-state index in [1.54, 1.807) is 0 Å².